The maximum atomic E-state index is 6.27. The Balaban J connectivity index is 2.38. The van der Waals surface area contributed by atoms with Gasteiger partial charge < -0.3 is 5.32 Å². The van der Waals surface area contributed by atoms with Crippen LogP contribution in [-0.2, 0) is 0 Å². The molecule has 1 aromatic carbocycles. The zero-order chi connectivity index (χ0) is 13.8. The van der Waals surface area contributed by atoms with Gasteiger partial charge in [-0.15, -0.1) is 11.3 Å². The van der Waals surface area contributed by atoms with Crippen LogP contribution in [0.2, 0.25) is 13.7 Å². The molecule has 0 aliphatic rings. The molecule has 1 nitrogen and oxygen atoms in total. The molecular formula is C14H14Cl3NS. The van der Waals surface area contributed by atoms with Gasteiger partial charge in [0.25, 0.3) is 0 Å². The van der Waals surface area contributed by atoms with Crippen molar-refractivity contribution in [2.45, 2.75) is 19.4 Å². The third kappa shape index (κ3) is 3.87. The quantitative estimate of drug-likeness (QED) is 0.729. The summed E-state index contributed by atoms with van der Waals surface area (Å²) in [4.78, 5) is 0. The van der Waals surface area contributed by atoms with Crippen LogP contribution in [0.5, 0.6) is 0 Å². The molecule has 0 bridgehead atoms. The molecule has 0 spiro atoms. The van der Waals surface area contributed by atoms with Gasteiger partial charge >= 0.3 is 0 Å². The molecular weight excluding hydrogens is 321 g/mol. The lowest BCUT2D eigenvalue weighted by Crippen LogP contribution is -2.23. The predicted octanol–water partition coefficient (Wildman–Crippen LogP) is 5.80. The first-order valence-corrected chi connectivity index (χ1v) is 8.00. The maximum absolute atomic E-state index is 6.27. The van der Waals surface area contributed by atoms with Gasteiger partial charge in [0.1, 0.15) is 0 Å². The SMILES string of the molecule is CCCNC(c1cccc(Cl)c1)c1cc(Cl)sc1Cl. The highest BCUT2D eigenvalue weighted by molar-refractivity contribution is 7.20. The first-order chi connectivity index (χ1) is 9.11. The number of rotatable bonds is 5. The van der Waals surface area contributed by atoms with E-state index in [0.717, 1.165) is 33.5 Å². The third-order valence-corrected chi connectivity index (χ3v) is 4.53. The van der Waals surface area contributed by atoms with E-state index in [1.165, 1.54) is 11.3 Å². The van der Waals surface area contributed by atoms with Gasteiger partial charge in [0.2, 0.25) is 0 Å². The van der Waals surface area contributed by atoms with Crippen molar-refractivity contribution in [3.63, 3.8) is 0 Å². The molecule has 19 heavy (non-hydrogen) atoms. The van der Waals surface area contributed by atoms with Crippen molar-refractivity contribution >= 4 is 46.1 Å². The summed E-state index contributed by atoms with van der Waals surface area (Å²) in [5.74, 6) is 0. The van der Waals surface area contributed by atoms with Crippen molar-refractivity contribution < 1.29 is 0 Å². The van der Waals surface area contributed by atoms with Crippen LogP contribution < -0.4 is 5.32 Å². The summed E-state index contributed by atoms with van der Waals surface area (Å²) in [5, 5.41) is 4.21. The van der Waals surface area contributed by atoms with E-state index in [9.17, 15) is 0 Å². The Hall–Kier alpha value is -0.250. The molecule has 0 aliphatic carbocycles. The minimum atomic E-state index is 0.0231. The van der Waals surface area contributed by atoms with Crippen LogP contribution in [0.3, 0.4) is 0 Å². The molecule has 0 amide bonds. The summed E-state index contributed by atoms with van der Waals surface area (Å²) >= 11 is 19.8. The van der Waals surface area contributed by atoms with E-state index < -0.39 is 0 Å². The standard InChI is InChI=1S/C14H14Cl3NS/c1-2-6-18-13(9-4-3-5-10(15)7-9)11-8-12(16)19-14(11)17/h3-5,7-8,13,18H,2,6H2,1H3. The largest absolute Gasteiger partial charge is 0.306 e. The molecule has 1 aromatic heterocycles. The Morgan fingerprint density at radius 3 is 2.58 bits per heavy atom. The van der Waals surface area contributed by atoms with Crippen LogP contribution in [-0.4, -0.2) is 6.54 Å². The highest BCUT2D eigenvalue weighted by Gasteiger charge is 2.19. The third-order valence-electron chi connectivity index (χ3n) is 2.77. The van der Waals surface area contributed by atoms with Crippen LogP contribution in [0.4, 0.5) is 0 Å². The van der Waals surface area contributed by atoms with Gasteiger partial charge in [-0.05, 0) is 36.7 Å². The molecule has 0 aliphatic heterocycles. The Labute approximate surface area is 132 Å². The summed E-state index contributed by atoms with van der Waals surface area (Å²) in [6.45, 7) is 3.03. The molecule has 1 N–H and O–H groups in total. The number of thiophene rings is 1. The van der Waals surface area contributed by atoms with Crippen molar-refractivity contribution in [3.8, 4) is 0 Å². The molecule has 5 heteroatoms. The maximum Gasteiger partial charge on any atom is 0.0995 e. The monoisotopic (exact) mass is 333 g/mol. The highest BCUT2D eigenvalue weighted by Crippen LogP contribution is 2.37. The predicted molar refractivity (Wildman–Crippen MR) is 85.9 cm³/mol. The van der Waals surface area contributed by atoms with Crippen molar-refractivity contribution in [3.05, 3.63) is 55.2 Å². The second-order valence-corrected chi connectivity index (χ2v) is 6.94. The molecule has 1 unspecified atom stereocenters. The fourth-order valence-electron chi connectivity index (χ4n) is 1.93. The van der Waals surface area contributed by atoms with Crippen molar-refractivity contribution in [1.29, 1.82) is 0 Å². The fourth-order valence-corrected chi connectivity index (χ4v) is 3.66. The average Bonchev–Trinajstić information content (AvgIpc) is 2.69. The normalized spacial score (nSPS) is 12.6. The first-order valence-electron chi connectivity index (χ1n) is 6.05. The van der Waals surface area contributed by atoms with Gasteiger partial charge in [0.15, 0.2) is 0 Å². The van der Waals surface area contributed by atoms with Gasteiger partial charge in [0.05, 0.1) is 14.7 Å². The summed E-state index contributed by atoms with van der Waals surface area (Å²) < 4.78 is 1.42. The van der Waals surface area contributed by atoms with Gasteiger partial charge in [-0.25, -0.2) is 0 Å². The van der Waals surface area contributed by atoms with E-state index >= 15 is 0 Å². The topological polar surface area (TPSA) is 12.0 Å². The molecule has 0 saturated carbocycles. The number of hydrogen-bond donors (Lipinski definition) is 1. The average molecular weight is 335 g/mol. The molecule has 0 radical (unpaired) electrons. The zero-order valence-corrected chi connectivity index (χ0v) is 13.5. The van der Waals surface area contributed by atoms with Crippen LogP contribution in [0.1, 0.15) is 30.5 Å². The molecule has 0 fully saturated rings. The molecule has 2 aromatic rings. The lowest BCUT2D eigenvalue weighted by molar-refractivity contribution is 0.600. The second-order valence-electron chi connectivity index (χ2n) is 4.22. The van der Waals surface area contributed by atoms with Crippen LogP contribution in [0.15, 0.2) is 30.3 Å². The van der Waals surface area contributed by atoms with Crippen LogP contribution in [0.25, 0.3) is 0 Å². The molecule has 2 rings (SSSR count). The Morgan fingerprint density at radius 2 is 2.00 bits per heavy atom. The van der Waals surface area contributed by atoms with E-state index in [4.69, 9.17) is 34.8 Å². The fraction of sp³-hybridized carbons (Fsp3) is 0.286. The minimum Gasteiger partial charge on any atom is -0.306 e. The summed E-state index contributed by atoms with van der Waals surface area (Å²) in [6, 6.07) is 9.75. The van der Waals surface area contributed by atoms with Crippen molar-refractivity contribution in [2.24, 2.45) is 0 Å². The number of nitrogens with one attached hydrogen (secondary N) is 1. The van der Waals surface area contributed by atoms with Crippen LogP contribution in [0, 0.1) is 0 Å². The summed E-state index contributed by atoms with van der Waals surface area (Å²) in [6.07, 6.45) is 1.05. The van der Waals surface area contributed by atoms with Gasteiger partial charge in [0, 0.05) is 10.6 Å². The lowest BCUT2D eigenvalue weighted by atomic mass is 10.0. The van der Waals surface area contributed by atoms with Gasteiger partial charge in [-0.2, -0.15) is 0 Å². The highest BCUT2D eigenvalue weighted by atomic mass is 35.5. The van der Waals surface area contributed by atoms with Crippen molar-refractivity contribution in [1.82, 2.24) is 5.32 Å². The van der Waals surface area contributed by atoms with Crippen molar-refractivity contribution in [2.75, 3.05) is 6.54 Å². The van der Waals surface area contributed by atoms with E-state index in [1.54, 1.807) is 0 Å². The van der Waals surface area contributed by atoms with Gasteiger partial charge in [-0.1, -0.05) is 53.9 Å². The van der Waals surface area contributed by atoms with Gasteiger partial charge in [-0.3, -0.25) is 0 Å². The Bertz CT molecular complexity index is 553. The lowest BCUT2D eigenvalue weighted by Gasteiger charge is -2.19. The van der Waals surface area contributed by atoms with Crippen LogP contribution >= 0.6 is 46.1 Å². The molecule has 1 atom stereocenters. The first kappa shape index (κ1) is 15.1. The second kappa shape index (κ2) is 6.96. The number of hydrogen-bond acceptors (Lipinski definition) is 2. The number of halogens is 3. The number of benzene rings is 1. The Morgan fingerprint density at radius 1 is 1.21 bits per heavy atom. The summed E-state index contributed by atoms with van der Waals surface area (Å²) in [5.41, 5.74) is 2.10. The molecule has 0 saturated heterocycles. The Kier molecular flexibility index (Phi) is 5.55. The smallest absolute Gasteiger partial charge is 0.0995 e. The zero-order valence-electron chi connectivity index (χ0n) is 10.4. The van der Waals surface area contributed by atoms with E-state index in [0.29, 0.717) is 4.34 Å². The molecule has 102 valence electrons. The summed E-state index contributed by atoms with van der Waals surface area (Å²) in [7, 11) is 0. The molecule has 1 heterocycles. The van der Waals surface area contributed by atoms with E-state index in [2.05, 4.69) is 12.2 Å². The van der Waals surface area contributed by atoms with E-state index in [1.807, 2.05) is 30.3 Å². The minimum absolute atomic E-state index is 0.0231. The van der Waals surface area contributed by atoms with E-state index in [-0.39, 0.29) is 6.04 Å².